The summed E-state index contributed by atoms with van der Waals surface area (Å²) in [6.45, 7) is 1.80. The van der Waals surface area contributed by atoms with Crippen LogP contribution in [0.5, 0.6) is 0 Å². The molecule has 1 rings (SSSR count). The predicted octanol–water partition coefficient (Wildman–Crippen LogP) is 1.58. The van der Waals surface area contributed by atoms with Gasteiger partial charge in [-0.15, -0.1) is 0 Å². The molecule has 2 nitrogen and oxygen atoms in total. The molecule has 2 N–H and O–H groups in total. The zero-order valence-corrected chi connectivity index (χ0v) is 6.95. The van der Waals surface area contributed by atoms with E-state index in [-0.39, 0.29) is 5.91 Å². The molecular weight excluding hydrogens is 150 g/mol. The lowest BCUT2D eigenvalue weighted by Gasteiger charge is -2.00. The van der Waals surface area contributed by atoms with Gasteiger partial charge in [-0.2, -0.15) is 0 Å². The van der Waals surface area contributed by atoms with E-state index in [9.17, 15) is 4.79 Å². The Kier molecular flexibility index (Phi) is 2.64. The first-order chi connectivity index (χ1) is 5.75. The minimum absolute atomic E-state index is 0.385. The number of nitrogens with two attached hydrogens (primary N) is 1. The van der Waals surface area contributed by atoms with Crippen molar-refractivity contribution in [3.8, 4) is 0 Å². The van der Waals surface area contributed by atoms with Crippen LogP contribution < -0.4 is 5.73 Å². The van der Waals surface area contributed by atoms with Crippen molar-refractivity contribution in [2.75, 3.05) is 0 Å². The average molecular weight is 161 g/mol. The highest BCUT2D eigenvalue weighted by atomic mass is 16.1. The van der Waals surface area contributed by atoms with Gasteiger partial charge in [0.2, 0.25) is 5.91 Å². The molecule has 0 fully saturated rings. The Morgan fingerprint density at radius 2 is 1.92 bits per heavy atom. The Morgan fingerprint density at radius 3 is 2.33 bits per heavy atom. The van der Waals surface area contributed by atoms with Gasteiger partial charge in [-0.25, -0.2) is 0 Å². The van der Waals surface area contributed by atoms with Crippen LogP contribution >= 0.6 is 0 Å². The topological polar surface area (TPSA) is 43.1 Å². The lowest BCUT2D eigenvalue weighted by Crippen LogP contribution is -2.12. The van der Waals surface area contributed by atoms with Gasteiger partial charge in [-0.05, 0) is 12.5 Å². The van der Waals surface area contributed by atoms with E-state index < -0.39 is 0 Å². The number of hydrogen-bond donors (Lipinski definition) is 1. The number of benzene rings is 1. The molecule has 0 heterocycles. The van der Waals surface area contributed by atoms with Crippen LogP contribution in [0.2, 0.25) is 0 Å². The van der Waals surface area contributed by atoms with E-state index in [1.54, 1.807) is 13.0 Å². The Morgan fingerprint density at radius 1 is 1.33 bits per heavy atom. The molecule has 0 aromatic heterocycles. The molecule has 0 aliphatic carbocycles. The van der Waals surface area contributed by atoms with Crippen LogP contribution in [0, 0.1) is 0 Å². The number of carbonyl (C=O) groups is 1. The maximum atomic E-state index is 10.9. The van der Waals surface area contributed by atoms with Crippen molar-refractivity contribution in [1.29, 1.82) is 0 Å². The Bertz CT molecular complexity index is 301. The van der Waals surface area contributed by atoms with Crippen LogP contribution in [0.15, 0.2) is 36.4 Å². The van der Waals surface area contributed by atoms with Crippen molar-refractivity contribution in [3.63, 3.8) is 0 Å². The zero-order valence-electron chi connectivity index (χ0n) is 6.95. The summed E-state index contributed by atoms with van der Waals surface area (Å²) in [4.78, 5) is 10.9. The van der Waals surface area contributed by atoms with E-state index in [0.29, 0.717) is 5.57 Å². The third kappa shape index (κ3) is 1.72. The van der Waals surface area contributed by atoms with Crippen LogP contribution in [0.4, 0.5) is 0 Å². The highest BCUT2D eigenvalue weighted by Gasteiger charge is 2.04. The van der Waals surface area contributed by atoms with Gasteiger partial charge in [0.1, 0.15) is 0 Å². The average Bonchev–Trinajstić information content (AvgIpc) is 2.07. The summed E-state index contributed by atoms with van der Waals surface area (Å²) in [5.41, 5.74) is 6.61. The summed E-state index contributed by atoms with van der Waals surface area (Å²) < 4.78 is 0. The van der Waals surface area contributed by atoms with E-state index in [4.69, 9.17) is 5.73 Å². The minimum atomic E-state index is -0.385. The maximum absolute atomic E-state index is 10.9. The molecule has 0 bridgehead atoms. The van der Waals surface area contributed by atoms with E-state index in [1.165, 1.54) is 0 Å². The van der Waals surface area contributed by atoms with Gasteiger partial charge in [-0.1, -0.05) is 36.4 Å². The summed E-state index contributed by atoms with van der Waals surface area (Å²) in [6.07, 6.45) is 1.72. The van der Waals surface area contributed by atoms with Gasteiger partial charge in [-0.3, -0.25) is 4.79 Å². The molecule has 0 saturated carbocycles. The number of rotatable bonds is 2. The fourth-order valence-corrected chi connectivity index (χ4v) is 1.07. The third-order valence-electron chi connectivity index (χ3n) is 1.64. The predicted molar refractivity (Wildman–Crippen MR) is 49.3 cm³/mol. The van der Waals surface area contributed by atoms with Crippen LogP contribution in [0.1, 0.15) is 12.5 Å². The second-order valence-electron chi connectivity index (χ2n) is 2.43. The third-order valence-corrected chi connectivity index (χ3v) is 1.64. The van der Waals surface area contributed by atoms with Crippen LogP contribution in [-0.2, 0) is 4.79 Å². The number of allylic oxidation sites excluding steroid dienone is 1. The van der Waals surface area contributed by atoms with Gasteiger partial charge < -0.3 is 5.73 Å². The van der Waals surface area contributed by atoms with Gasteiger partial charge in [0.25, 0.3) is 0 Å². The van der Waals surface area contributed by atoms with Crippen molar-refractivity contribution in [2.45, 2.75) is 6.92 Å². The monoisotopic (exact) mass is 161 g/mol. The second-order valence-corrected chi connectivity index (χ2v) is 2.43. The zero-order chi connectivity index (χ0) is 8.97. The lowest BCUT2D eigenvalue weighted by atomic mass is 10.1. The van der Waals surface area contributed by atoms with E-state index >= 15 is 0 Å². The highest BCUT2D eigenvalue weighted by molar-refractivity contribution is 6.18. The molecule has 0 aliphatic rings. The van der Waals surface area contributed by atoms with Crippen molar-refractivity contribution in [3.05, 3.63) is 42.0 Å². The van der Waals surface area contributed by atoms with Crippen LogP contribution in [-0.4, -0.2) is 5.91 Å². The molecule has 0 spiro atoms. The number of primary amides is 1. The molecular formula is C10H11NO. The molecule has 2 heteroatoms. The van der Waals surface area contributed by atoms with Crippen molar-refractivity contribution >= 4 is 11.5 Å². The Balaban J connectivity index is 3.05. The number of carbonyl (C=O) groups excluding carboxylic acids is 1. The fourth-order valence-electron chi connectivity index (χ4n) is 1.07. The molecule has 1 aromatic rings. The SMILES string of the molecule is C/C=C(\C(N)=O)c1ccccc1. The van der Waals surface area contributed by atoms with Crippen molar-refractivity contribution < 1.29 is 4.79 Å². The van der Waals surface area contributed by atoms with E-state index in [0.717, 1.165) is 5.56 Å². The quantitative estimate of drug-likeness (QED) is 0.657. The van der Waals surface area contributed by atoms with E-state index in [2.05, 4.69) is 0 Å². The molecule has 0 radical (unpaired) electrons. The molecule has 1 aromatic carbocycles. The summed E-state index contributed by atoms with van der Waals surface area (Å²) in [7, 11) is 0. The summed E-state index contributed by atoms with van der Waals surface area (Å²) in [6, 6.07) is 9.38. The van der Waals surface area contributed by atoms with Crippen molar-refractivity contribution in [1.82, 2.24) is 0 Å². The number of hydrogen-bond acceptors (Lipinski definition) is 1. The molecule has 62 valence electrons. The first-order valence-electron chi connectivity index (χ1n) is 3.77. The molecule has 1 amide bonds. The first-order valence-corrected chi connectivity index (χ1v) is 3.77. The second kappa shape index (κ2) is 3.72. The van der Waals surface area contributed by atoms with Crippen LogP contribution in [0.3, 0.4) is 0 Å². The fraction of sp³-hybridized carbons (Fsp3) is 0.100. The van der Waals surface area contributed by atoms with E-state index in [1.807, 2.05) is 30.3 Å². The Hall–Kier alpha value is -1.57. The summed E-state index contributed by atoms with van der Waals surface area (Å²) in [5.74, 6) is -0.385. The van der Waals surface area contributed by atoms with Crippen molar-refractivity contribution in [2.24, 2.45) is 5.73 Å². The largest absolute Gasteiger partial charge is 0.366 e. The molecule has 0 saturated heterocycles. The minimum Gasteiger partial charge on any atom is -0.366 e. The molecule has 12 heavy (non-hydrogen) atoms. The van der Waals surface area contributed by atoms with Crippen LogP contribution in [0.25, 0.3) is 5.57 Å². The Labute approximate surface area is 71.7 Å². The summed E-state index contributed by atoms with van der Waals surface area (Å²) in [5, 5.41) is 0. The normalized spacial score (nSPS) is 11.2. The lowest BCUT2D eigenvalue weighted by molar-refractivity contribution is -0.112. The van der Waals surface area contributed by atoms with Gasteiger partial charge in [0, 0.05) is 5.57 Å². The summed E-state index contributed by atoms with van der Waals surface area (Å²) >= 11 is 0. The smallest absolute Gasteiger partial charge is 0.248 e. The maximum Gasteiger partial charge on any atom is 0.248 e. The van der Waals surface area contributed by atoms with Gasteiger partial charge >= 0.3 is 0 Å². The highest BCUT2D eigenvalue weighted by Crippen LogP contribution is 2.12. The van der Waals surface area contributed by atoms with Gasteiger partial charge in [0.05, 0.1) is 0 Å². The molecule has 0 unspecified atom stereocenters. The molecule has 0 atom stereocenters. The molecule has 0 aliphatic heterocycles. The van der Waals surface area contributed by atoms with Gasteiger partial charge in [0.15, 0.2) is 0 Å². The first kappa shape index (κ1) is 8.53. The standard InChI is InChI=1S/C10H11NO/c1-2-9(10(11)12)8-6-4-3-5-7-8/h2-7H,1H3,(H2,11,12)/b9-2-. The number of amides is 1.